The third-order valence-corrected chi connectivity index (χ3v) is 7.37. The van der Waals surface area contributed by atoms with E-state index in [1.54, 1.807) is 29.6 Å². The van der Waals surface area contributed by atoms with E-state index >= 15 is 0 Å². The smallest absolute Gasteiger partial charge is 0.250 e. The number of hydrogen-bond donors (Lipinski definition) is 2. The SMILES string of the molecule is Cc1ccc(NC(=O)[C@H](Cc2ccccc2)NS(=O)(=O)c2cccs2)cc1Cl. The van der Waals surface area contributed by atoms with Crippen molar-refractivity contribution in [2.45, 2.75) is 23.6 Å². The number of amides is 1. The lowest BCUT2D eigenvalue weighted by atomic mass is 10.1. The van der Waals surface area contributed by atoms with E-state index < -0.39 is 22.0 Å². The number of aryl methyl sites for hydroxylation is 1. The number of hydrogen-bond acceptors (Lipinski definition) is 4. The average molecular weight is 435 g/mol. The molecule has 1 amide bonds. The third-order valence-electron chi connectivity index (χ3n) is 4.10. The Morgan fingerprint density at radius 3 is 2.50 bits per heavy atom. The number of thiophene rings is 1. The molecule has 1 aromatic heterocycles. The summed E-state index contributed by atoms with van der Waals surface area (Å²) in [6.07, 6.45) is 0.219. The van der Waals surface area contributed by atoms with Gasteiger partial charge in [0.15, 0.2) is 0 Å². The van der Waals surface area contributed by atoms with Crippen molar-refractivity contribution in [3.05, 3.63) is 82.2 Å². The van der Waals surface area contributed by atoms with Gasteiger partial charge in [-0.1, -0.05) is 54.1 Å². The van der Waals surface area contributed by atoms with Crippen LogP contribution in [0.3, 0.4) is 0 Å². The van der Waals surface area contributed by atoms with Gasteiger partial charge in [0.1, 0.15) is 10.3 Å². The van der Waals surface area contributed by atoms with Crippen LogP contribution in [0.15, 0.2) is 70.3 Å². The van der Waals surface area contributed by atoms with Crippen molar-refractivity contribution < 1.29 is 13.2 Å². The highest BCUT2D eigenvalue weighted by Crippen LogP contribution is 2.21. The molecule has 0 bridgehead atoms. The second-order valence-corrected chi connectivity index (χ2v) is 9.54. The van der Waals surface area contributed by atoms with Crippen LogP contribution in [0.4, 0.5) is 5.69 Å². The predicted octanol–water partition coefficient (Wildman–Crippen LogP) is 4.24. The second kappa shape index (κ2) is 8.87. The molecule has 2 aromatic carbocycles. The van der Waals surface area contributed by atoms with Gasteiger partial charge in [0, 0.05) is 10.7 Å². The maximum absolute atomic E-state index is 12.9. The molecular formula is C20H19ClN2O3S2. The van der Waals surface area contributed by atoms with Gasteiger partial charge in [-0.15, -0.1) is 11.3 Å². The van der Waals surface area contributed by atoms with E-state index in [2.05, 4.69) is 10.0 Å². The zero-order valence-corrected chi connectivity index (χ0v) is 17.4. The molecule has 0 radical (unpaired) electrons. The Labute approximate surface area is 173 Å². The van der Waals surface area contributed by atoms with E-state index in [9.17, 15) is 13.2 Å². The normalized spacial score (nSPS) is 12.5. The van der Waals surface area contributed by atoms with Gasteiger partial charge in [-0.3, -0.25) is 4.79 Å². The molecular weight excluding hydrogens is 416 g/mol. The van der Waals surface area contributed by atoms with E-state index in [1.807, 2.05) is 37.3 Å². The quantitative estimate of drug-likeness (QED) is 0.584. The van der Waals surface area contributed by atoms with Gasteiger partial charge in [-0.2, -0.15) is 4.72 Å². The maximum atomic E-state index is 12.9. The van der Waals surface area contributed by atoms with Crippen molar-refractivity contribution in [3.63, 3.8) is 0 Å². The fourth-order valence-corrected chi connectivity index (χ4v) is 4.98. The summed E-state index contributed by atoms with van der Waals surface area (Å²) in [4.78, 5) is 12.9. The molecule has 0 aliphatic rings. The molecule has 0 spiro atoms. The fourth-order valence-electron chi connectivity index (χ4n) is 2.60. The summed E-state index contributed by atoms with van der Waals surface area (Å²) in [6, 6.07) is 16.6. The largest absolute Gasteiger partial charge is 0.325 e. The van der Waals surface area contributed by atoms with Crippen molar-refractivity contribution in [1.82, 2.24) is 4.72 Å². The van der Waals surface area contributed by atoms with Crippen LogP contribution < -0.4 is 10.0 Å². The molecule has 5 nitrogen and oxygen atoms in total. The van der Waals surface area contributed by atoms with Gasteiger partial charge < -0.3 is 5.32 Å². The number of anilines is 1. The van der Waals surface area contributed by atoms with Crippen LogP contribution in [0.25, 0.3) is 0 Å². The van der Waals surface area contributed by atoms with Gasteiger partial charge in [0.2, 0.25) is 5.91 Å². The molecule has 146 valence electrons. The zero-order chi connectivity index (χ0) is 20.1. The monoisotopic (exact) mass is 434 g/mol. The number of nitrogens with one attached hydrogen (secondary N) is 2. The topological polar surface area (TPSA) is 75.3 Å². The highest BCUT2D eigenvalue weighted by Gasteiger charge is 2.27. The number of carbonyl (C=O) groups is 1. The van der Waals surface area contributed by atoms with E-state index in [4.69, 9.17) is 11.6 Å². The van der Waals surface area contributed by atoms with Crippen LogP contribution in [0.5, 0.6) is 0 Å². The summed E-state index contributed by atoms with van der Waals surface area (Å²) in [5.74, 6) is -0.455. The van der Waals surface area contributed by atoms with Crippen molar-refractivity contribution in [3.8, 4) is 0 Å². The molecule has 0 unspecified atom stereocenters. The maximum Gasteiger partial charge on any atom is 0.250 e. The van der Waals surface area contributed by atoms with Crippen molar-refractivity contribution in [1.29, 1.82) is 0 Å². The molecule has 3 aromatic rings. The molecule has 1 atom stereocenters. The highest BCUT2D eigenvalue weighted by molar-refractivity contribution is 7.91. The van der Waals surface area contributed by atoms with Crippen molar-refractivity contribution in [2.24, 2.45) is 0 Å². The molecule has 0 saturated heterocycles. The third kappa shape index (κ3) is 5.20. The molecule has 8 heteroatoms. The van der Waals surface area contributed by atoms with E-state index in [0.717, 1.165) is 22.5 Å². The number of carbonyl (C=O) groups excluding carboxylic acids is 1. The minimum atomic E-state index is -3.81. The number of rotatable bonds is 7. The van der Waals surface area contributed by atoms with Gasteiger partial charge >= 0.3 is 0 Å². The number of halogens is 1. The molecule has 0 aliphatic heterocycles. The summed E-state index contributed by atoms with van der Waals surface area (Å²) < 4.78 is 28.0. The first-order valence-electron chi connectivity index (χ1n) is 8.52. The Kier molecular flexibility index (Phi) is 6.51. The van der Waals surface area contributed by atoms with Gasteiger partial charge in [0.25, 0.3) is 10.0 Å². The lowest BCUT2D eigenvalue weighted by molar-refractivity contribution is -0.117. The molecule has 3 rings (SSSR count). The van der Waals surface area contributed by atoms with Crippen molar-refractivity contribution >= 4 is 44.6 Å². The average Bonchev–Trinajstić information content (AvgIpc) is 3.21. The Balaban J connectivity index is 1.84. The molecule has 0 aliphatic carbocycles. The van der Waals surface area contributed by atoms with Crippen LogP contribution in [0, 0.1) is 6.92 Å². The first kappa shape index (κ1) is 20.5. The first-order chi connectivity index (χ1) is 13.3. The van der Waals surface area contributed by atoms with E-state index in [-0.39, 0.29) is 10.6 Å². The first-order valence-corrected chi connectivity index (χ1v) is 11.3. The van der Waals surface area contributed by atoms with Crippen LogP contribution in [-0.4, -0.2) is 20.4 Å². The van der Waals surface area contributed by atoms with Crippen LogP contribution in [-0.2, 0) is 21.2 Å². The highest BCUT2D eigenvalue weighted by atomic mass is 35.5. The summed E-state index contributed by atoms with van der Waals surface area (Å²) in [7, 11) is -3.81. The van der Waals surface area contributed by atoms with E-state index in [0.29, 0.717) is 10.7 Å². The van der Waals surface area contributed by atoms with Gasteiger partial charge in [-0.25, -0.2) is 8.42 Å². The van der Waals surface area contributed by atoms with Crippen LogP contribution in [0.2, 0.25) is 5.02 Å². The summed E-state index contributed by atoms with van der Waals surface area (Å²) in [5.41, 5.74) is 2.24. The Morgan fingerprint density at radius 2 is 1.86 bits per heavy atom. The Hall–Kier alpha value is -2.19. The standard InChI is InChI=1S/C20H19ClN2O3S2/c1-14-9-10-16(13-17(14)21)22-20(24)18(12-15-6-3-2-4-7-15)23-28(25,26)19-8-5-11-27-19/h2-11,13,18,23H,12H2,1H3,(H,22,24)/t18-/m0/s1. The Bertz CT molecular complexity index is 1050. The summed E-state index contributed by atoms with van der Waals surface area (Å²) in [6.45, 7) is 1.86. The minimum absolute atomic E-state index is 0.164. The Morgan fingerprint density at radius 1 is 1.11 bits per heavy atom. The van der Waals surface area contributed by atoms with Gasteiger partial charge in [0.05, 0.1) is 0 Å². The second-order valence-electron chi connectivity index (χ2n) is 6.25. The lowest BCUT2D eigenvalue weighted by Gasteiger charge is -2.18. The van der Waals surface area contributed by atoms with Gasteiger partial charge in [-0.05, 0) is 48.1 Å². The fraction of sp³-hybridized carbons (Fsp3) is 0.150. The zero-order valence-electron chi connectivity index (χ0n) is 15.1. The van der Waals surface area contributed by atoms with E-state index in [1.165, 1.54) is 6.07 Å². The predicted molar refractivity (Wildman–Crippen MR) is 113 cm³/mol. The molecule has 0 saturated carbocycles. The molecule has 1 heterocycles. The molecule has 2 N–H and O–H groups in total. The van der Waals surface area contributed by atoms with Crippen LogP contribution in [0.1, 0.15) is 11.1 Å². The van der Waals surface area contributed by atoms with Crippen LogP contribution >= 0.6 is 22.9 Å². The number of sulfonamides is 1. The summed E-state index contributed by atoms with van der Waals surface area (Å²) in [5, 5.41) is 4.95. The van der Waals surface area contributed by atoms with Crippen molar-refractivity contribution in [2.75, 3.05) is 5.32 Å². The molecule has 28 heavy (non-hydrogen) atoms. The molecule has 0 fully saturated rings. The summed E-state index contributed by atoms with van der Waals surface area (Å²) >= 11 is 7.22. The number of benzene rings is 2. The minimum Gasteiger partial charge on any atom is -0.325 e. The lowest BCUT2D eigenvalue weighted by Crippen LogP contribution is -2.45.